The number of carbonyl (C=O) groups is 2. The number of aryl methyl sites for hydroxylation is 2. The van der Waals surface area contributed by atoms with Crippen LogP contribution in [0.4, 0.5) is 0 Å². The molecular weight excluding hydrogens is 334 g/mol. The highest BCUT2D eigenvalue weighted by Gasteiger charge is 2.27. The fourth-order valence-corrected chi connectivity index (χ4v) is 4.76. The van der Waals surface area contributed by atoms with Crippen molar-refractivity contribution < 1.29 is 9.59 Å². The molecule has 2 aromatic heterocycles. The number of thiophene rings is 1. The number of fused-ring (bicyclic) bond motifs is 1. The molecule has 0 atom stereocenters. The van der Waals surface area contributed by atoms with Crippen LogP contribution >= 0.6 is 11.3 Å². The van der Waals surface area contributed by atoms with Gasteiger partial charge in [0.25, 0.3) is 11.8 Å². The van der Waals surface area contributed by atoms with Gasteiger partial charge in [-0.3, -0.25) is 14.6 Å². The summed E-state index contributed by atoms with van der Waals surface area (Å²) in [5.74, 6) is 0.136. The number of nitrogens with zero attached hydrogens (tertiary/aromatic N) is 3. The molecule has 4 rings (SSSR count). The van der Waals surface area contributed by atoms with Crippen LogP contribution in [0.2, 0.25) is 0 Å². The highest BCUT2D eigenvalue weighted by atomic mass is 32.1. The van der Waals surface area contributed by atoms with Crippen molar-refractivity contribution in [3.8, 4) is 0 Å². The van der Waals surface area contributed by atoms with Crippen molar-refractivity contribution in [2.45, 2.75) is 25.7 Å². The minimum Gasteiger partial charge on any atom is -0.335 e. The largest absolute Gasteiger partial charge is 0.335 e. The first-order valence-corrected chi connectivity index (χ1v) is 9.64. The summed E-state index contributed by atoms with van der Waals surface area (Å²) < 4.78 is 0. The molecule has 1 aliphatic carbocycles. The summed E-state index contributed by atoms with van der Waals surface area (Å²) in [4.78, 5) is 35.2. The fraction of sp³-hybridized carbons (Fsp3) is 0.421. The first kappa shape index (κ1) is 16.3. The molecule has 2 aliphatic rings. The van der Waals surface area contributed by atoms with Crippen LogP contribution in [0, 0.1) is 0 Å². The maximum Gasteiger partial charge on any atom is 0.264 e. The van der Waals surface area contributed by atoms with Gasteiger partial charge >= 0.3 is 0 Å². The fourth-order valence-electron chi connectivity index (χ4n) is 3.54. The minimum absolute atomic E-state index is 0.0149. The standard InChI is InChI=1S/C19H21N3O2S/c23-18(14-5-7-20-8-6-14)21-9-11-22(12-10-21)19(24)17-13-15-3-1-2-4-16(15)25-17/h5-8,13H,1-4,9-12H2. The predicted molar refractivity (Wildman–Crippen MR) is 97.0 cm³/mol. The molecular formula is C19H21N3O2S. The lowest BCUT2D eigenvalue weighted by Gasteiger charge is -2.34. The summed E-state index contributed by atoms with van der Waals surface area (Å²) >= 11 is 1.66. The summed E-state index contributed by atoms with van der Waals surface area (Å²) in [7, 11) is 0. The number of amides is 2. The van der Waals surface area contributed by atoms with Crippen LogP contribution in [0.3, 0.4) is 0 Å². The number of hydrogen-bond acceptors (Lipinski definition) is 4. The van der Waals surface area contributed by atoms with Gasteiger partial charge in [-0.15, -0.1) is 11.3 Å². The van der Waals surface area contributed by atoms with Gasteiger partial charge in [0.05, 0.1) is 4.88 Å². The molecule has 1 saturated heterocycles. The van der Waals surface area contributed by atoms with Gasteiger partial charge < -0.3 is 9.80 Å². The van der Waals surface area contributed by atoms with E-state index in [9.17, 15) is 9.59 Å². The Balaban J connectivity index is 1.39. The first-order valence-electron chi connectivity index (χ1n) is 8.82. The van der Waals surface area contributed by atoms with E-state index < -0.39 is 0 Å². The van der Waals surface area contributed by atoms with E-state index in [1.807, 2.05) is 9.80 Å². The maximum absolute atomic E-state index is 12.8. The monoisotopic (exact) mass is 355 g/mol. The summed E-state index contributed by atoms with van der Waals surface area (Å²) in [5, 5.41) is 0. The zero-order valence-electron chi connectivity index (χ0n) is 14.1. The first-order chi connectivity index (χ1) is 12.2. The third kappa shape index (κ3) is 3.31. The van der Waals surface area contributed by atoms with Crippen molar-refractivity contribution >= 4 is 23.2 Å². The molecule has 130 valence electrons. The van der Waals surface area contributed by atoms with E-state index in [0.717, 1.165) is 17.7 Å². The molecule has 3 heterocycles. The van der Waals surface area contributed by atoms with Gasteiger partial charge in [-0.05, 0) is 49.4 Å². The summed E-state index contributed by atoms with van der Waals surface area (Å²) in [6.07, 6.45) is 7.94. The zero-order chi connectivity index (χ0) is 17.2. The minimum atomic E-state index is 0.0149. The Bertz CT molecular complexity index is 756. The topological polar surface area (TPSA) is 53.5 Å². The summed E-state index contributed by atoms with van der Waals surface area (Å²) in [6.45, 7) is 2.35. The Kier molecular flexibility index (Phi) is 4.53. The Morgan fingerprint density at radius 3 is 2.24 bits per heavy atom. The molecule has 0 saturated carbocycles. The van der Waals surface area contributed by atoms with Crippen molar-refractivity contribution in [3.63, 3.8) is 0 Å². The molecule has 0 unspecified atom stereocenters. The molecule has 6 heteroatoms. The quantitative estimate of drug-likeness (QED) is 0.832. The molecule has 0 bridgehead atoms. The lowest BCUT2D eigenvalue weighted by Crippen LogP contribution is -2.50. The Labute approximate surface area is 151 Å². The highest BCUT2D eigenvalue weighted by molar-refractivity contribution is 7.14. The number of aromatic nitrogens is 1. The third-order valence-electron chi connectivity index (χ3n) is 4.99. The molecule has 0 N–H and O–H groups in total. The molecule has 2 amide bonds. The zero-order valence-corrected chi connectivity index (χ0v) is 14.9. The van der Waals surface area contributed by atoms with Crippen molar-refractivity contribution in [2.75, 3.05) is 26.2 Å². The number of carbonyl (C=O) groups excluding carboxylic acids is 2. The average Bonchev–Trinajstić information content (AvgIpc) is 3.12. The molecule has 5 nitrogen and oxygen atoms in total. The van der Waals surface area contributed by atoms with Gasteiger partial charge in [-0.25, -0.2) is 0 Å². The molecule has 25 heavy (non-hydrogen) atoms. The molecule has 2 aromatic rings. The van der Waals surface area contributed by atoms with E-state index in [1.54, 1.807) is 35.9 Å². The third-order valence-corrected chi connectivity index (χ3v) is 6.21. The van der Waals surface area contributed by atoms with Gasteiger partial charge in [0.1, 0.15) is 0 Å². The van der Waals surface area contributed by atoms with Crippen LogP contribution in [0.25, 0.3) is 0 Å². The lowest BCUT2D eigenvalue weighted by atomic mass is 9.99. The van der Waals surface area contributed by atoms with Crippen LogP contribution in [0.1, 0.15) is 43.3 Å². The lowest BCUT2D eigenvalue weighted by molar-refractivity contribution is 0.0538. The van der Waals surface area contributed by atoms with Crippen molar-refractivity contribution in [3.05, 3.63) is 51.5 Å². The van der Waals surface area contributed by atoms with Gasteiger partial charge in [-0.1, -0.05) is 0 Å². The summed E-state index contributed by atoms with van der Waals surface area (Å²) in [6, 6.07) is 5.56. The van der Waals surface area contributed by atoms with Crippen LogP contribution < -0.4 is 0 Å². The van der Waals surface area contributed by atoms with Crippen LogP contribution in [0.5, 0.6) is 0 Å². The smallest absolute Gasteiger partial charge is 0.264 e. The van der Waals surface area contributed by atoms with Gasteiger partial charge in [-0.2, -0.15) is 0 Å². The predicted octanol–water partition coefficient (Wildman–Crippen LogP) is 2.62. The molecule has 1 fully saturated rings. The number of pyridine rings is 1. The Morgan fingerprint density at radius 1 is 0.920 bits per heavy atom. The maximum atomic E-state index is 12.8. The van der Waals surface area contributed by atoms with E-state index in [1.165, 1.54) is 23.3 Å². The molecule has 0 spiro atoms. The number of hydrogen-bond donors (Lipinski definition) is 0. The Hall–Kier alpha value is -2.21. The van der Waals surface area contributed by atoms with E-state index in [4.69, 9.17) is 0 Å². The number of rotatable bonds is 2. The molecule has 1 aliphatic heterocycles. The van der Waals surface area contributed by atoms with Crippen molar-refractivity contribution in [2.24, 2.45) is 0 Å². The number of piperazine rings is 1. The molecule has 0 radical (unpaired) electrons. The van der Waals surface area contributed by atoms with E-state index in [0.29, 0.717) is 31.7 Å². The Morgan fingerprint density at radius 2 is 1.56 bits per heavy atom. The second-order valence-electron chi connectivity index (χ2n) is 6.59. The molecule has 0 aromatic carbocycles. The summed E-state index contributed by atoms with van der Waals surface area (Å²) in [5.41, 5.74) is 2.02. The SMILES string of the molecule is O=C(c1ccncc1)N1CCN(C(=O)c2cc3c(s2)CCCC3)CC1. The normalized spacial score (nSPS) is 17.3. The van der Waals surface area contributed by atoms with E-state index in [2.05, 4.69) is 11.1 Å². The van der Waals surface area contributed by atoms with Crippen LogP contribution in [-0.4, -0.2) is 52.8 Å². The van der Waals surface area contributed by atoms with E-state index in [-0.39, 0.29) is 11.8 Å². The average molecular weight is 355 g/mol. The van der Waals surface area contributed by atoms with Crippen LogP contribution in [-0.2, 0) is 12.8 Å². The second kappa shape index (κ2) is 6.96. The van der Waals surface area contributed by atoms with Crippen molar-refractivity contribution in [1.29, 1.82) is 0 Å². The van der Waals surface area contributed by atoms with Crippen molar-refractivity contribution in [1.82, 2.24) is 14.8 Å². The van der Waals surface area contributed by atoms with Crippen LogP contribution in [0.15, 0.2) is 30.6 Å². The van der Waals surface area contributed by atoms with Gasteiger partial charge in [0, 0.05) is 49.0 Å². The highest BCUT2D eigenvalue weighted by Crippen LogP contribution is 2.30. The van der Waals surface area contributed by atoms with Gasteiger partial charge in [0.2, 0.25) is 0 Å². The van der Waals surface area contributed by atoms with E-state index >= 15 is 0 Å². The van der Waals surface area contributed by atoms with Gasteiger partial charge in [0.15, 0.2) is 0 Å². The second-order valence-corrected chi connectivity index (χ2v) is 7.72.